The molecule has 2 heterocycles. The third-order valence-corrected chi connectivity index (χ3v) is 4.46. The molecule has 1 N–H and O–H groups in total. The van der Waals surface area contributed by atoms with E-state index in [-0.39, 0.29) is 6.04 Å². The second-order valence-corrected chi connectivity index (χ2v) is 5.64. The topological polar surface area (TPSA) is 30.5 Å². The van der Waals surface area contributed by atoms with Crippen LogP contribution >= 0.6 is 0 Å². The maximum absolute atomic E-state index is 5.88. The maximum atomic E-state index is 5.88. The molecule has 0 bridgehead atoms. The summed E-state index contributed by atoms with van der Waals surface area (Å²) in [4.78, 5) is 0. The van der Waals surface area contributed by atoms with Crippen molar-refractivity contribution < 1.29 is 9.47 Å². The van der Waals surface area contributed by atoms with Gasteiger partial charge in [-0.2, -0.15) is 0 Å². The highest BCUT2D eigenvalue weighted by atomic mass is 16.5. The number of ether oxygens (including phenoxy) is 2. The highest BCUT2D eigenvalue weighted by molar-refractivity contribution is 5.51. The summed E-state index contributed by atoms with van der Waals surface area (Å²) in [6.45, 7) is 1.78. The molecule has 2 aliphatic rings. The van der Waals surface area contributed by atoms with E-state index in [1.807, 2.05) is 6.07 Å². The molecule has 0 amide bonds. The Morgan fingerprint density at radius 2 is 2.05 bits per heavy atom. The molecule has 108 valence electrons. The van der Waals surface area contributed by atoms with Gasteiger partial charge in [0, 0.05) is 18.5 Å². The second-order valence-electron chi connectivity index (χ2n) is 5.64. The molecule has 3 heteroatoms. The lowest BCUT2D eigenvalue weighted by Gasteiger charge is -2.28. The number of hydrogen-bond acceptors (Lipinski definition) is 3. The molecule has 0 fully saturated rings. The van der Waals surface area contributed by atoms with Gasteiger partial charge in [-0.15, -0.1) is 0 Å². The van der Waals surface area contributed by atoms with E-state index in [4.69, 9.17) is 9.47 Å². The molecular weight excluding hydrogens is 262 g/mol. The van der Waals surface area contributed by atoms with Crippen LogP contribution in [-0.2, 0) is 12.8 Å². The number of hydrogen-bond donors (Lipinski definition) is 1. The first-order valence-corrected chi connectivity index (χ1v) is 7.51. The van der Waals surface area contributed by atoms with Gasteiger partial charge in [0.2, 0.25) is 0 Å². The van der Waals surface area contributed by atoms with Gasteiger partial charge in [-0.05, 0) is 35.2 Å². The van der Waals surface area contributed by atoms with Crippen LogP contribution in [0.2, 0.25) is 0 Å². The fourth-order valence-electron chi connectivity index (χ4n) is 3.41. The van der Waals surface area contributed by atoms with Gasteiger partial charge < -0.3 is 14.8 Å². The summed E-state index contributed by atoms with van der Waals surface area (Å²) in [5.41, 5.74) is 5.30. The minimum atomic E-state index is 0.215. The molecule has 21 heavy (non-hydrogen) atoms. The van der Waals surface area contributed by atoms with Gasteiger partial charge in [0.25, 0.3) is 0 Å². The third kappa shape index (κ3) is 2.09. The summed E-state index contributed by atoms with van der Waals surface area (Å²) >= 11 is 0. The number of para-hydroxylation sites is 1. The number of methoxy groups -OCH3 is 1. The number of rotatable bonds is 2. The molecule has 0 aliphatic carbocycles. The van der Waals surface area contributed by atoms with Crippen molar-refractivity contribution in [3.63, 3.8) is 0 Å². The van der Waals surface area contributed by atoms with Crippen LogP contribution in [0, 0.1) is 0 Å². The van der Waals surface area contributed by atoms with Gasteiger partial charge >= 0.3 is 0 Å². The van der Waals surface area contributed by atoms with Crippen molar-refractivity contribution in [1.82, 2.24) is 5.32 Å². The summed E-state index contributed by atoms with van der Waals surface area (Å²) in [5, 5.41) is 3.64. The minimum Gasteiger partial charge on any atom is -0.497 e. The number of nitrogens with one attached hydrogen (secondary N) is 1. The first kappa shape index (κ1) is 12.7. The largest absolute Gasteiger partial charge is 0.497 e. The van der Waals surface area contributed by atoms with Gasteiger partial charge in [0.1, 0.15) is 11.5 Å². The third-order valence-electron chi connectivity index (χ3n) is 4.46. The first-order chi connectivity index (χ1) is 10.4. The molecule has 0 spiro atoms. The Balaban J connectivity index is 1.80. The quantitative estimate of drug-likeness (QED) is 0.918. The fourth-order valence-corrected chi connectivity index (χ4v) is 3.41. The molecule has 0 aromatic heterocycles. The molecule has 1 atom stereocenters. The molecule has 0 saturated carbocycles. The van der Waals surface area contributed by atoms with Crippen molar-refractivity contribution in [2.24, 2.45) is 0 Å². The zero-order chi connectivity index (χ0) is 14.2. The zero-order valence-electron chi connectivity index (χ0n) is 12.2. The summed E-state index contributed by atoms with van der Waals surface area (Å²) in [5.74, 6) is 2.02. The van der Waals surface area contributed by atoms with Gasteiger partial charge in [-0.25, -0.2) is 0 Å². The fraction of sp³-hybridized carbons (Fsp3) is 0.333. The van der Waals surface area contributed by atoms with Crippen molar-refractivity contribution in [1.29, 1.82) is 0 Å². The Hall–Kier alpha value is -2.00. The van der Waals surface area contributed by atoms with Gasteiger partial charge in [0.05, 0.1) is 19.8 Å². The van der Waals surface area contributed by atoms with Crippen molar-refractivity contribution in [3.05, 3.63) is 58.7 Å². The molecule has 2 aromatic rings. The predicted octanol–water partition coefficient (Wildman–Crippen LogP) is 2.87. The van der Waals surface area contributed by atoms with E-state index in [9.17, 15) is 0 Å². The summed E-state index contributed by atoms with van der Waals surface area (Å²) in [6, 6.07) is 13.1. The monoisotopic (exact) mass is 281 g/mol. The number of benzene rings is 2. The van der Waals surface area contributed by atoms with E-state index in [0.29, 0.717) is 0 Å². The lowest BCUT2D eigenvalue weighted by molar-refractivity contribution is 0.349. The Kier molecular flexibility index (Phi) is 3.08. The van der Waals surface area contributed by atoms with E-state index in [1.165, 1.54) is 22.3 Å². The maximum Gasteiger partial charge on any atom is 0.127 e. The molecular formula is C18H19NO2. The van der Waals surface area contributed by atoms with E-state index in [0.717, 1.165) is 37.5 Å². The van der Waals surface area contributed by atoms with Gasteiger partial charge in [-0.1, -0.05) is 24.3 Å². The van der Waals surface area contributed by atoms with Crippen molar-refractivity contribution in [2.75, 3.05) is 20.3 Å². The van der Waals surface area contributed by atoms with Gasteiger partial charge in [-0.3, -0.25) is 0 Å². The predicted molar refractivity (Wildman–Crippen MR) is 82.2 cm³/mol. The van der Waals surface area contributed by atoms with E-state index in [2.05, 4.69) is 35.6 Å². The van der Waals surface area contributed by atoms with Crippen LogP contribution in [-0.4, -0.2) is 20.3 Å². The smallest absolute Gasteiger partial charge is 0.127 e. The molecule has 0 radical (unpaired) electrons. The lowest BCUT2D eigenvalue weighted by atomic mass is 9.88. The zero-order valence-corrected chi connectivity index (χ0v) is 12.2. The Morgan fingerprint density at radius 1 is 1.10 bits per heavy atom. The molecule has 1 unspecified atom stereocenters. The van der Waals surface area contributed by atoms with Crippen molar-refractivity contribution in [2.45, 2.75) is 18.9 Å². The summed E-state index contributed by atoms with van der Waals surface area (Å²) in [7, 11) is 1.72. The Labute approximate surface area is 124 Å². The first-order valence-electron chi connectivity index (χ1n) is 7.51. The van der Waals surface area contributed by atoms with E-state index in [1.54, 1.807) is 7.11 Å². The van der Waals surface area contributed by atoms with Crippen LogP contribution in [0.1, 0.15) is 28.3 Å². The molecule has 4 rings (SSSR count). The van der Waals surface area contributed by atoms with Crippen molar-refractivity contribution >= 4 is 0 Å². The van der Waals surface area contributed by atoms with Crippen LogP contribution in [0.15, 0.2) is 36.4 Å². The lowest BCUT2D eigenvalue weighted by Crippen LogP contribution is -2.30. The molecule has 3 nitrogen and oxygen atoms in total. The van der Waals surface area contributed by atoms with Crippen molar-refractivity contribution in [3.8, 4) is 11.5 Å². The normalized spacial score (nSPS) is 19.6. The minimum absolute atomic E-state index is 0.215. The van der Waals surface area contributed by atoms with Crippen LogP contribution in [0.3, 0.4) is 0 Å². The summed E-state index contributed by atoms with van der Waals surface area (Å²) < 4.78 is 11.2. The summed E-state index contributed by atoms with van der Waals surface area (Å²) in [6.07, 6.45) is 2.06. The van der Waals surface area contributed by atoms with E-state index < -0.39 is 0 Å². The SMILES string of the molecule is COc1ccc2c(c1)CCNC2c1cccc2c1OCC2. The average Bonchev–Trinajstić information content (AvgIpc) is 3.02. The molecule has 2 aromatic carbocycles. The van der Waals surface area contributed by atoms with Crippen LogP contribution in [0.4, 0.5) is 0 Å². The highest BCUT2D eigenvalue weighted by Crippen LogP contribution is 2.39. The van der Waals surface area contributed by atoms with E-state index >= 15 is 0 Å². The Morgan fingerprint density at radius 3 is 2.95 bits per heavy atom. The number of fused-ring (bicyclic) bond motifs is 2. The molecule has 2 aliphatic heterocycles. The Bertz CT molecular complexity index is 681. The standard InChI is InChI=1S/C18H19NO2/c1-20-14-5-6-15-13(11-14)7-9-19-17(15)16-4-2-3-12-8-10-21-18(12)16/h2-6,11,17,19H,7-10H2,1H3. The second kappa shape index (κ2) is 5.08. The average molecular weight is 281 g/mol. The van der Waals surface area contributed by atoms with Crippen LogP contribution in [0.25, 0.3) is 0 Å². The van der Waals surface area contributed by atoms with Crippen LogP contribution in [0.5, 0.6) is 11.5 Å². The molecule has 0 saturated heterocycles. The van der Waals surface area contributed by atoms with Gasteiger partial charge in [0.15, 0.2) is 0 Å². The van der Waals surface area contributed by atoms with Crippen LogP contribution < -0.4 is 14.8 Å². The highest BCUT2D eigenvalue weighted by Gasteiger charge is 2.27.